The van der Waals surface area contributed by atoms with Crippen molar-refractivity contribution in [1.29, 1.82) is 0 Å². The Morgan fingerprint density at radius 2 is 1.92 bits per heavy atom. The molecule has 0 unspecified atom stereocenters. The number of sulfonamides is 1. The summed E-state index contributed by atoms with van der Waals surface area (Å²) >= 11 is 3.44. The van der Waals surface area contributed by atoms with Gasteiger partial charge < -0.3 is 5.32 Å². The molecule has 0 aromatic heterocycles. The molecule has 2 aromatic carbocycles. The van der Waals surface area contributed by atoms with E-state index in [4.69, 9.17) is 0 Å². The van der Waals surface area contributed by atoms with Gasteiger partial charge in [0.25, 0.3) is 10.0 Å². The molecule has 132 valence electrons. The van der Waals surface area contributed by atoms with Crippen LogP contribution < -0.4 is 9.62 Å². The smallest absolute Gasteiger partial charge is 0.265 e. The van der Waals surface area contributed by atoms with E-state index in [1.165, 1.54) is 4.31 Å². The molecule has 7 heteroatoms. The topological polar surface area (TPSA) is 66.5 Å². The quantitative estimate of drug-likeness (QED) is 0.818. The van der Waals surface area contributed by atoms with Crippen molar-refractivity contribution in [2.24, 2.45) is 0 Å². The average molecular weight is 423 g/mol. The fourth-order valence-corrected chi connectivity index (χ4v) is 4.84. The first-order valence-electron chi connectivity index (χ1n) is 8.05. The van der Waals surface area contributed by atoms with Crippen molar-refractivity contribution in [3.8, 4) is 11.1 Å². The Morgan fingerprint density at radius 3 is 2.64 bits per heavy atom. The zero-order valence-electron chi connectivity index (χ0n) is 14.0. The van der Waals surface area contributed by atoms with E-state index in [-0.39, 0.29) is 23.4 Å². The van der Waals surface area contributed by atoms with Gasteiger partial charge in [-0.05, 0) is 37.6 Å². The first kappa shape index (κ1) is 17.9. The minimum Gasteiger partial charge on any atom is -0.352 e. The molecule has 0 radical (unpaired) electrons. The lowest BCUT2D eigenvalue weighted by molar-refractivity contribution is -0.120. The monoisotopic (exact) mass is 422 g/mol. The summed E-state index contributed by atoms with van der Waals surface area (Å²) in [5.74, 6) is -0.314. The van der Waals surface area contributed by atoms with Crippen molar-refractivity contribution >= 4 is 37.5 Å². The van der Waals surface area contributed by atoms with E-state index in [0.29, 0.717) is 11.3 Å². The van der Waals surface area contributed by atoms with Gasteiger partial charge in [-0.1, -0.05) is 41.1 Å². The number of amides is 1. The minimum atomic E-state index is -3.79. The van der Waals surface area contributed by atoms with Crippen LogP contribution in [0.15, 0.2) is 51.8 Å². The first-order chi connectivity index (χ1) is 11.8. The molecule has 2 aromatic rings. The van der Waals surface area contributed by atoms with Crippen LogP contribution in [0.1, 0.15) is 20.3 Å². The molecule has 1 amide bonds. The van der Waals surface area contributed by atoms with Crippen LogP contribution in [0, 0.1) is 0 Å². The van der Waals surface area contributed by atoms with E-state index < -0.39 is 10.0 Å². The van der Waals surface area contributed by atoms with E-state index in [1.807, 2.05) is 26.0 Å². The molecule has 0 fully saturated rings. The number of anilines is 1. The summed E-state index contributed by atoms with van der Waals surface area (Å²) in [6.07, 6.45) is 0.783. The van der Waals surface area contributed by atoms with Crippen LogP contribution in [0.2, 0.25) is 0 Å². The van der Waals surface area contributed by atoms with Crippen LogP contribution in [-0.4, -0.2) is 26.9 Å². The molecule has 1 N–H and O–H groups in total. The highest BCUT2D eigenvalue weighted by atomic mass is 79.9. The summed E-state index contributed by atoms with van der Waals surface area (Å²) in [7, 11) is -3.79. The van der Waals surface area contributed by atoms with Gasteiger partial charge in [0.15, 0.2) is 0 Å². The average Bonchev–Trinajstić information content (AvgIpc) is 2.59. The van der Waals surface area contributed by atoms with Crippen LogP contribution >= 0.6 is 15.9 Å². The lowest BCUT2D eigenvalue weighted by Crippen LogP contribution is -2.44. The zero-order chi connectivity index (χ0) is 18.2. The second-order valence-corrected chi connectivity index (χ2v) is 8.79. The molecule has 25 heavy (non-hydrogen) atoms. The van der Waals surface area contributed by atoms with Crippen LogP contribution in [0.25, 0.3) is 11.1 Å². The summed E-state index contributed by atoms with van der Waals surface area (Å²) in [5.41, 5.74) is 1.95. The Labute approximate surface area is 156 Å². The molecular weight excluding hydrogens is 404 g/mol. The molecule has 1 heterocycles. The maximum atomic E-state index is 13.1. The largest absolute Gasteiger partial charge is 0.352 e. The molecule has 1 atom stereocenters. The highest BCUT2D eigenvalue weighted by Gasteiger charge is 2.35. The molecule has 0 saturated carbocycles. The van der Waals surface area contributed by atoms with Gasteiger partial charge in [-0.2, -0.15) is 0 Å². The summed E-state index contributed by atoms with van der Waals surface area (Å²) in [6.45, 7) is 3.62. The predicted octanol–water partition coefficient (Wildman–Crippen LogP) is 3.54. The molecule has 1 aliphatic rings. The number of halogens is 1. The highest BCUT2D eigenvalue weighted by Crippen LogP contribution is 2.43. The Bertz CT molecular complexity index is 928. The van der Waals surface area contributed by atoms with E-state index in [9.17, 15) is 13.2 Å². The maximum Gasteiger partial charge on any atom is 0.265 e. The SMILES string of the molecule is CC[C@H](C)NC(=O)CN1c2ccc(Br)cc2-c2ccccc2S1(=O)=O. The maximum absolute atomic E-state index is 13.1. The zero-order valence-corrected chi connectivity index (χ0v) is 16.4. The fourth-order valence-electron chi connectivity index (χ4n) is 2.83. The predicted molar refractivity (Wildman–Crippen MR) is 102 cm³/mol. The van der Waals surface area contributed by atoms with Crippen molar-refractivity contribution in [2.45, 2.75) is 31.2 Å². The van der Waals surface area contributed by atoms with Crippen molar-refractivity contribution in [2.75, 3.05) is 10.8 Å². The van der Waals surface area contributed by atoms with Gasteiger partial charge in [0, 0.05) is 21.6 Å². The van der Waals surface area contributed by atoms with Gasteiger partial charge in [0.2, 0.25) is 5.91 Å². The second-order valence-electron chi connectivity index (χ2n) is 6.05. The third kappa shape index (κ3) is 3.30. The number of carbonyl (C=O) groups excluding carboxylic acids is 1. The Balaban J connectivity index is 2.09. The summed E-state index contributed by atoms with van der Waals surface area (Å²) in [4.78, 5) is 12.5. The molecule has 5 nitrogen and oxygen atoms in total. The molecule has 3 rings (SSSR count). The van der Waals surface area contributed by atoms with Crippen molar-refractivity contribution in [3.63, 3.8) is 0 Å². The molecule has 0 spiro atoms. The van der Waals surface area contributed by atoms with Gasteiger partial charge in [0.1, 0.15) is 6.54 Å². The summed E-state index contributed by atoms with van der Waals surface area (Å²) < 4.78 is 28.2. The van der Waals surface area contributed by atoms with Crippen LogP contribution in [0.5, 0.6) is 0 Å². The van der Waals surface area contributed by atoms with E-state index in [0.717, 1.165) is 16.5 Å². The van der Waals surface area contributed by atoms with Crippen molar-refractivity contribution in [3.05, 3.63) is 46.9 Å². The number of fused-ring (bicyclic) bond motifs is 3. The molecule has 0 bridgehead atoms. The van der Waals surface area contributed by atoms with Crippen LogP contribution in [0.3, 0.4) is 0 Å². The van der Waals surface area contributed by atoms with Gasteiger partial charge in [0.05, 0.1) is 10.6 Å². The van der Waals surface area contributed by atoms with Gasteiger partial charge in [-0.3, -0.25) is 9.10 Å². The molecule has 1 aliphatic heterocycles. The van der Waals surface area contributed by atoms with E-state index in [2.05, 4.69) is 21.2 Å². The number of rotatable bonds is 4. The number of hydrogen-bond donors (Lipinski definition) is 1. The number of hydrogen-bond acceptors (Lipinski definition) is 3. The second kappa shape index (κ2) is 6.80. The highest BCUT2D eigenvalue weighted by molar-refractivity contribution is 9.10. The third-order valence-corrected chi connectivity index (χ3v) is 6.59. The van der Waals surface area contributed by atoms with E-state index in [1.54, 1.807) is 30.3 Å². The molecular formula is C18H19BrN2O3S. The molecule has 0 saturated heterocycles. The van der Waals surface area contributed by atoms with Crippen molar-refractivity contribution in [1.82, 2.24) is 5.32 Å². The van der Waals surface area contributed by atoms with Crippen molar-refractivity contribution < 1.29 is 13.2 Å². The van der Waals surface area contributed by atoms with Crippen LogP contribution in [0.4, 0.5) is 5.69 Å². The minimum absolute atomic E-state index is 0.00308. The summed E-state index contributed by atoms with van der Waals surface area (Å²) in [5, 5.41) is 2.83. The van der Waals surface area contributed by atoms with E-state index >= 15 is 0 Å². The van der Waals surface area contributed by atoms with Gasteiger partial charge in [-0.15, -0.1) is 0 Å². The standard InChI is InChI=1S/C18H19BrN2O3S/c1-3-12(2)20-18(22)11-21-16-9-8-13(19)10-15(16)14-6-4-5-7-17(14)25(21,23)24/h4-10,12H,3,11H2,1-2H3,(H,20,22)/t12-/m0/s1. The number of nitrogens with one attached hydrogen (secondary N) is 1. The number of nitrogens with zero attached hydrogens (tertiary/aromatic N) is 1. The Hall–Kier alpha value is -1.86. The van der Waals surface area contributed by atoms with Gasteiger partial charge >= 0.3 is 0 Å². The fraction of sp³-hybridized carbons (Fsp3) is 0.278. The third-order valence-electron chi connectivity index (χ3n) is 4.28. The first-order valence-corrected chi connectivity index (χ1v) is 10.3. The summed E-state index contributed by atoms with van der Waals surface area (Å²) in [6, 6.07) is 12.2. The van der Waals surface area contributed by atoms with Crippen LogP contribution in [-0.2, 0) is 14.8 Å². The number of benzene rings is 2. The lowest BCUT2D eigenvalue weighted by atomic mass is 10.0. The van der Waals surface area contributed by atoms with Gasteiger partial charge in [-0.25, -0.2) is 8.42 Å². The normalized spacial score (nSPS) is 15.9. The Morgan fingerprint density at radius 1 is 1.20 bits per heavy atom. The molecule has 0 aliphatic carbocycles. The lowest BCUT2D eigenvalue weighted by Gasteiger charge is -2.32. The Kier molecular flexibility index (Phi) is 4.88. The number of carbonyl (C=O) groups is 1.